The highest BCUT2D eigenvalue weighted by Crippen LogP contribution is 2.12. The first-order chi connectivity index (χ1) is 7.09. The first-order valence-corrected chi connectivity index (χ1v) is 5.59. The predicted molar refractivity (Wildman–Crippen MR) is 68.9 cm³/mol. The molecule has 0 aliphatic carbocycles. The van der Waals surface area contributed by atoms with Gasteiger partial charge in [-0.05, 0) is 19.4 Å². The molecule has 82 valence electrons. The van der Waals surface area contributed by atoms with Crippen molar-refractivity contribution in [3.05, 3.63) is 35.9 Å². The quantitative estimate of drug-likeness (QED) is 0.751. The maximum Gasteiger partial charge on any atom is 0.0742 e. The minimum absolute atomic E-state index is 0.317. The Morgan fingerprint density at radius 2 is 1.93 bits per heavy atom. The Balaban J connectivity index is 2.49. The van der Waals surface area contributed by atoms with Crippen molar-refractivity contribution in [1.82, 2.24) is 5.32 Å². The van der Waals surface area contributed by atoms with Gasteiger partial charge in [-0.15, -0.1) is 0 Å². The van der Waals surface area contributed by atoms with Gasteiger partial charge in [-0.3, -0.25) is 0 Å². The SMILES string of the molecule is CC(CC(N)=S)NC(C)c1ccccc1. The first kappa shape index (κ1) is 12.1. The molecule has 1 aromatic carbocycles. The highest BCUT2D eigenvalue weighted by Gasteiger charge is 2.09. The Bertz CT molecular complexity index is 311. The molecule has 0 bridgehead atoms. The summed E-state index contributed by atoms with van der Waals surface area (Å²) in [6, 6.07) is 11.0. The van der Waals surface area contributed by atoms with Gasteiger partial charge in [-0.2, -0.15) is 0 Å². The second-order valence-electron chi connectivity index (χ2n) is 3.87. The summed E-state index contributed by atoms with van der Waals surface area (Å²) in [5, 5.41) is 3.46. The third kappa shape index (κ3) is 4.40. The zero-order valence-electron chi connectivity index (χ0n) is 9.23. The Kier molecular flexibility index (Phi) is 4.72. The fourth-order valence-electron chi connectivity index (χ4n) is 1.63. The van der Waals surface area contributed by atoms with E-state index in [0.717, 1.165) is 6.42 Å². The zero-order valence-corrected chi connectivity index (χ0v) is 10.1. The summed E-state index contributed by atoms with van der Waals surface area (Å²) < 4.78 is 0. The van der Waals surface area contributed by atoms with E-state index >= 15 is 0 Å². The van der Waals surface area contributed by atoms with Gasteiger partial charge in [0.2, 0.25) is 0 Å². The van der Waals surface area contributed by atoms with Crippen LogP contribution in [0.15, 0.2) is 30.3 Å². The molecule has 0 fully saturated rings. The number of hydrogen-bond acceptors (Lipinski definition) is 2. The second-order valence-corrected chi connectivity index (χ2v) is 4.39. The van der Waals surface area contributed by atoms with E-state index in [1.807, 2.05) is 18.2 Å². The summed E-state index contributed by atoms with van der Waals surface area (Å²) in [7, 11) is 0. The van der Waals surface area contributed by atoms with E-state index in [0.29, 0.717) is 17.1 Å². The van der Waals surface area contributed by atoms with E-state index < -0.39 is 0 Å². The van der Waals surface area contributed by atoms with Crippen LogP contribution in [0.1, 0.15) is 31.9 Å². The molecule has 2 nitrogen and oxygen atoms in total. The molecule has 2 atom stereocenters. The van der Waals surface area contributed by atoms with Gasteiger partial charge in [0.25, 0.3) is 0 Å². The van der Waals surface area contributed by atoms with Crippen LogP contribution in [0.2, 0.25) is 0 Å². The molecular formula is C12H18N2S. The van der Waals surface area contributed by atoms with E-state index in [-0.39, 0.29) is 0 Å². The van der Waals surface area contributed by atoms with Crippen LogP contribution in [0, 0.1) is 0 Å². The van der Waals surface area contributed by atoms with Gasteiger partial charge >= 0.3 is 0 Å². The number of rotatable bonds is 5. The van der Waals surface area contributed by atoms with Crippen molar-refractivity contribution in [2.75, 3.05) is 0 Å². The fourth-order valence-corrected chi connectivity index (χ4v) is 1.88. The summed E-state index contributed by atoms with van der Waals surface area (Å²) in [4.78, 5) is 0.565. The number of hydrogen-bond donors (Lipinski definition) is 2. The molecule has 0 amide bonds. The van der Waals surface area contributed by atoms with E-state index in [9.17, 15) is 0 Å². The molecule has 0 spiro atoms. The molecule has 0 aliphatic heterocycles. The number of nitrogens with two attached hydrogens (primary N) is 1. The summed E-state index contributed by atoms with van der Waals surface area (Å²) >= 11 is 4.88. The van der Waals surface area contributed by atoms with Crippen LogP contribution in [0.25, 0.3) is 0 Å². The Hall–Kier alpha value is -0.930. The van der Waals surface area contributed by atoms with Crippen LogP contribution < -0.4 is 11.1 Å². The standard InChI is InChI=1S/C12H18N2S/c1-9(8-12(13)15)14-10(2)11-6-4-3-5-7-11/h3-7,9-10,14H,8H2,1-2H3,(H2,13,15). The molecule has 0 radical (unpaired) electrons. The van der Waals surface area contributed by atoms with Gasteiger partial charge in [0.1, 0.15) is 0 Å². The Morgan fingerprint density at radius 3 is 2.47 bits per heavy atom. The average molecular weight is 222 g/mol. The van der Waals surface area contributed by atoms with Crippen LogP contribution in [-0.2, 0) is 0 Å². The van der Waals surface area contributed by atoms with E-state index in [4.69, 9.17) is 18.0 Å². The largest absolute Gasteiger partial charge is 0.393 e. The third-order valence-corrected chi connectivity index (χ3v) is 2.51. The lowest BCUT2D eigenvalue weighted by Crippen LogP contribution is -2.32. The molecule has 1 aromatic rings. The summed E-state index contributed by atoms with van der Waals surface area (Å²) in [5.41, 5.74) is 6.78. The van der Waals surface area contributed by atoms with Crippen molar-refractivity contribution in [1.29, 1.82) is 0 Å². The van der Waals surface area contributed by atoms with Gasteiger partial charge in [-0.25, -0.2) is 0 Å². The van der Waals surface area contributed by atoms with E-state index in [1.165, 1.54) is 5.56 Å². The minimum Gasteiger partial charge on any atom is -0.393 e. The molecule has 1 rings (SSSR count). The summed E-state index contributed by atoms with van der Waals surface area (Å²) in [6.07, 6.45) is 0.743. The molecule has 0 aliphatic rings. The molecule has 0 aromatic heterocycles. The van der Waals surface area contributed by atoms with Crippen LogP contribution in [0.3, 0.4) is 0 Å². The van der Waals surface area contributed by atoms with Gasteiger partial charge in [0.15, 0.2) is 0 Å². The van der Waals surface area contributed by atoms with Crippen LogP contribution in [0.5, 0.6) is 0 Å². The first-order valence-electron chi connectivity index (χ1n) is 5.19. The topological polar surface area (TPSA) is 38.0 Å². The number of thiocarbonyl (C=S) groups is 1. The minimum atomic E-state index is 0.317. The fraction of sp³-hybridized carbons (Fsp3) is 0.417. The van der Waals surface area contributed by atoms with Crippen molar-refractivity contribution < 1.29 is 0 Å². The van der Waals surface area contributed by atoms with Gasteiger partial charge < -0.3 is 11.1 Å². The van der Waals surface area contributed by atoms with Gasteiger partial charge in [-0.1, -0.05) is 42.5 Å². The van der Waals surface area contributed by atoms with Crippen LogP contribution in [0.4, 0.5) is 0 Å². The normalized spacial score (nSPS) is 14.5. The van der Waals surface area contributed by atoms with Crippen molar-refractivity contribution in [2.45, 2.75) is 32.4 Å². The van der Waals surface area contributed by atoms with E-state index in [2.05, 4.69) is 31.3 Å². The molecule has 3 heteroatoms. The lowest BCUT2D eigenvalue weighted by molar-refractivity contribution is 0.490. The van der Waals surface area contributed by atoms with Crippen LogP contribution in [-0.4, -0.2) is 11.0 Å². The monoisotopic (exact) mass is 222 g/mol. The Labute approximate surface area is 96.9 Å². The Morgan fingerprint density at radius 1 is 1.33 bits per heavy atom. The molecule has 0 saturated heterocycles. The van der Waals surface area contributed by atoms with Crippen molar-refractivity contribution in [2.24, 2.45) is 5.73 Å². The molecule has 3 N–H and O–H groups in total. The highest BCUT2D eigenvalue weighted by atomic mass is 32.1. The number of benzene rings is 1. The highest BCUT2D eigenvalue weighted by molar-refractivity contribution is 7.80. The summed E-state index contributed by atoms with van der Waals surface area (Å²) in [5.74, 6) is 0. The van der Waals surface area contributed by atoms with Crippen molar-refractivity contribution in [3.8, 4) is 0 Å². The number of nitrogens with one attached hydrogen (secondary N) is 1. The maximum absolute atomic E-state index is 5.50. The average Bonchev–Trinajstić information content (AvgIpc) is 2.17. The van der Waals surface area contributed by atoms with E-state index in [1.54, 1.807) is 0 Å². The lowest BCUT2D eigenvalue weighted by atomic mass is 10.1. The molecule has 0 saturated carbocycles. The molecule has 0 heterocycles. The smallest absolute Gasteiger partial charge is 0.0742 e. The molecule has 15 heavy (non-hydrogen) atoms. The van der Waals surface area contributed by atoms with Crippen LogP contribution >= 0.6 is 12.2 Å². The summed E-state index contributed by atoms with van der Waals surface area (Å²) in [6.45, 7) is 4.24. The van der Waals surface area contributed by atoms with Gasteiger partial charge in [0, 0.05) is 18.5 Å². The van der Waals surface area contributed by atoms with Crippen molar-refractivity contribution >= 4 is 17.2 Å². The second kappa shape index (κ2) is 5.83. The van der Waals surface area contributed by atoms with Gasteiger partial charge in [0.05, 0.1) is 4.99 Å². The molecular weight excluding hydrogens is 204 g/mol. The lowest BCUT2D eigenvalue weighted by Gasteiger charge is -2.19. The maximum atomic E-state index is 5.50. The predicted octanol–water partition coefficient (Wildman–Crippen LogP) is 2.40. The molecule has 2 unspecified atom stereocenters. The zero-order chi connectivity index (χ0) is 11.3. The third-order valence-electron chi connectivity index (χ3n) is 2.34. The van der Waals surface area contributed by atoms with Crippen molar-refractivity contribution in [3.63, 3.8) is 0 Å².